The topological polar surface area (TPSA) is 32.3 Å². The molecular formula is C12H20ClF3N2O. The molecule has 7 heteroatoms. The normalized spacial score (nSPS) is 22.4. The lowest BCUT2D eigenvalue weighted by Crippen LogP contribution is -2.39. The third kappa shape index (κ3) is 4.53. The van der Waals surface area contributed by atoms with Crippen molar-refractivity contribution in [1.82, 2.24) is 10.2 Å². The van der Waals surface area contributed by atoms with Gasteiger partial charge in [0.05, 0.1) is 6.42 Å². The summed E-state index contributed by atoms with van der Waals surface area (Å²) in [4.78, 5) is 13.4. The molecule has 0 saturated carbocycles. The van der Waals surface area contributed by atoms with Crippen molar-refractivity contribution in [2.45, 2.75) is 38.3 Å². The van der Waals surface area contributed by atoms with Crippen LogP contribution in [0, 0.1) is 5.41 Å². The highest BCUT2D eigenvalue weighted by atomic mass is 35.5. The molecule has 0 aromatic heterocycles. The Morgan fingerprint density at radius 3 is 2.42 bits per heavy atom. The van der Waals surface area contributed by atoms with E-state index in [4.69, 9.17) is 0 Å². The monoisotopic (exact) mass is 300 g/mol. The van der Waals surface area contributed by atoms with E-state index in [0.29, 0.717) is 13.1 Å². The molecule has 2 heterocycles. The van der Waals surface area contributed by atoms with Crippen LogP contribution >= 0.6 is 12.4 Å². The molecule has 2 aliphatic heterocycles. The third-order valence-electron chi connectivity index (χ3n) is 4.08. The standard InChI is InChI=1S/C12H19F3N2O.ClH/c13-12(14,15)2-1-10(18)17-8-5-11(9-17)3-6-16-7-4-11;/h16H,1-9H2;1H. The van der Waals surface area contributed by atoms with Crippen LogP contribution in [0.2, 0.25) is 0 Å². The Kier molecular flexibility index (Phi) is 5.50. The molecule has 0 radical (unpaired) electrons. The van der Waals surface area contributed by atoms with Crippen LogP contribution in [0.1, 0.15) is 32.1 Å². The zero-order valence-electron chi connectivity index (χ0n) is 10.8. The van der Waals surface area contributed by atoms with Crippen LogP contribution in [0.25, 0.3) is 0 Å². The molecule has 0 unspecified atom stereocenters. The number of alkyl halides is 3. The minimum absolute atomic E-state index is 0. The number of nitrogens with zero attached hydrogens (tertiary/aromatic N) is 1. The maximum absolute atomic E-state index is 12.1. The molecule has 19 heavy (non-hydrogen) atoms. The Bertz CT molecular complexity index is 317. The lowest BCUT2D eigenvalue weighted by atomic mass is 9.78. The lowest BCUT2D eigenvalue weighted by molar-refractivity contribution is -0.148. The summed E-state index contributed by atoms with van der Waals surface area (Å²) in [6, 6.07) is 0. The predicted molar refractivity (Wildman–Crippen MR) is 68.3 cm³/mol. The number of likely N-dealkylation sites (tertiary alicyclic amines) is 1. The molecule has 1 amide bonds. The van der Waals surface area contributed by atoms with Crippen LogP contribution < -0.4 is 5.32 Å². The van der Waals surface area contributed by atoms with E-state index in [-0.39, 0.29) is 23.7 Å². The first kappa shape index (κ1) is 16.6. The number of nitrogens with one attached hydrogen (secondary N) is 1. The van der Waals surface area contributed by atoms with Gasteiger partial charge in [0.1, 0.15) is 0 Å². The molecule has 1 N–H and O–H groups in total. The van der Waals surface area contributed by atoms with E-state index >= 15 is 0 Å². The molecule has 0 aromatic rings. The van der Waals surface area contributed by atoms with Crippen LogP contribution in [0.15, 0.2) is 0 Å². The van der Waals surface area contributed by atoms with Gasteiger partial charge in [-0.05, 0) is 37.8 Å². The van der Waals surface area contributed by atoms with Gasteiger partial charge in [-0.25, -0.2) is 0 Å². The van der Waals surface area contributed by atoms with E-state index in [1.54, 1.807) is 4.90 Å². The van der Waals surface area contributed by atoms with Crippen molar-refractivity contribution < 1.29 is 18.0 Å². The van der Waals surface area contributed by atoms with Crippen LogP contribution in [0.3, 0.4) is 0 Å². The highest BCUT2D eigenvalue weighted by Crippen LogP contribution is 2.38. The second-order valence-corrected chi connectivity index (χ2v) is 5.43. The van der Waals surface area contributed by atoms with Crippen molar-refractivity contribution in [2.75, 3.05) is 26.2 Å². The Morgan fingerprint density at radius 1 is 1.21 bits per heavy atom. The largest absolute Gasteiger partial charge is 0.389 e. The minimum atomic E-state index is -4.23. The van der Waals surface area contributed by atoms with Gasteiger partial charge in [0, 0.05) is 19.5 Å². The fraction of sp³-hybridized carbons (Fsp3) is 0.917. The number of carbonyl (C=O) groups is 1. The summed E-state index contributed by atoms with van der Waals surface area (Å²) >= 11 is 0. The molecule has 0 aromatic carbocycles. The third-order valence-corrected chi connectivity index (χ3v) is 4.08. The smallest absolute Gasteiger partial charge is 0.342 e. The minimum Gasteiger partial charge on any atom is -0.342 e. The van der Waals surface area contributed by atoms with Crippen molar-refractivity contribution in [2.24, 2.45) is 5.41 Å². The summed E-state index contributed by atoms with van der Waals surface area (Å²) in [7, 11) is 0. The predicted octanol–water partition coefficient (Wildman–Crippen LogP) is 2.35. The van der Waals surface area contributed by atoms with Gasteiger partial charge in [0.2, 0.25) is 5.91 Å². The molecule has 2 rings (SSSR count). The Labute approximate surface area is 117 Å². The fourth-order valence-electron chi connectivity index (χ4n) is 2.92. The molecule has 2 fully saturated rings. The zero-order valence-corrected chi connectivity index (χ0v) is 11.6. The van der Waals surface area contributed by atoms with Gasteiger partial charge in [0.25, 0.3) is 0 Å². The second kappa shape index (κ2) is 6.31. The highest BCUT2D eigenvalue weighted by Gasteiger charge is 2.40. The van der Waals surface area contributed by atoms with Crippen LogP contribution in [0.4, 0.5) is 13.2 Å². The van der Waals surface area contributed by atoms with Crippen molar-refractivity contribution in [3.05, 3.63) is 0 Å². The van der Waals surface area contributed by atoms with Crippen molar-refractivity contribution in [3.8, 4) is 0 Å². The highest BCUT2D eigenvalue weighted by molar-refractivity contribution is 5.85. The average molecular weight is 301 g/mol. The van der Waals surface area contributed by atoms with Crippen LogP contribution in [0.5, 0.6) is 0 Å². The average Bonchev–Trinajstić information content (AvgIpc) is 2.70. The molecule has 3 nitrogen and oxygen atoms in total. The van der Waals surface area contributed by atoms with Crippen molar-refractivity contribution in [3.63, 3.8) is 0 Å². The van der Waals surface area contributed by atoms with E-state index < -0.39 is 19.0 Å². The summed E-state index contributed by atoms with van der Waals surface area (Å²) < 4.78 is 36.2. The number of carbonyl (C=O) groups excluding carboxylic acids is 1. The lowest BCUT2D eigenvalue weighted by Gasteiger charge is -2.33. The molecule has 2 aliphatic rings. The number of piperidine rings is 1. The molecule has 0 bridgehead atoms. The molecule has 112 valence electrons. The summed E-state index contributed by atoms with van der Waals surface area (Å²) in [5, 5.41) is 3.27. The first-order chi connectivity index (χ1) is 8.40. The summed E-state index contributed by atoms with van der Waals surface area (Å²) in [6.45, 7) is 3.16. The van der Waals surface area contributed by atoms with Gasteiger partial charge in [-0.1, -0.05) is 0 Å². The number of amides is 1. The SMILES string of the molecule is Cl.O=C(CCC(F)(F)F)N1CCC2(CCNCC2)C1. The molecular weight excluding hydrogens is 281 g/mol. The number of rotatable bonds is 2. The quantitative estimate of drug-likeness (QED) is 0.849. The second-order valence-electron chi connectivity index (χ2n) is 5.43. The summed E-state index contributed by atoms with van der Waals surface area (Å²) in [5.74, 6) is -0.345. The van der Waals surface area contributed by atoms with Gasteiger partial charge in [-0.15, -0.1) is 12.4 Å². The zero-order chi connectivity index (χ0) is 13.2. The fourth-order valence-corrected chi connectivity index (χ4v) is 2.92. The Balaban J connectivity index is 0.00000180. The van der Waals surface area contributed by atoms with Gasteiger partial charge in [-0.3, -0.25) is 4.79 Å². The first-order valence-electron chi connectivity index (χ1n) is 6.46. The van der Waals surface area contributed by atoms with Crippen molar-refractivity contribution in [1.29, 1.82) is 0 Å². The molecule has 0 atom stereocenters. The first-order valence-corrected chi connectivity index (χ1v) is 6.46. The van der Waals surface area contributed by atoms with E-state index in [2.05, 4.69) is 5.32 Å². The molecule has 0 aliphatic carbocycles. The summed E-state index contributed by atoms with van der Waals surface area (Å²) in [5.41, 5.74) is 0.166. The number of halogens is 4. The van der Waals surface area contributed by atoms with E-state index in [0.717, 1.165) is 32.4 Å². The van der Waals surface area contributed by atoms with Crippen molar-refractivity contribution >= 4 is 18.3 Å². The Morgan fingerprint density at radius 2 is 1.84 bits per heavy atom. The summed E-state index contributed by atoms with van der Waals surface area (Å²) in [6.07, 6.45) is -2.66. The van der Waals surface area contributed by atoms with Gasteiger partial charge >= 0.3 is 6.18 Å². The number of hydrogen-bond donors (Lipinski definition) is 1. The van der Waals surface area contributed by atoms with Crippen LogP contribution in [-0.4, -0.2) is 43.2 Å². The van der Waals surface area contributed by atoms with Gasteiger partial charge in [-0.2, -0.15) is 13.2 Å². The van der Waals surface area contributed by atoms with Crippen LogP contribution in [-0.2, 0) is 4.79 Å². The number of hydrogen-bond acceptors (Lipinski definition) is 2. The molecule has 1 spiro atoms. The maximum atomic E-state index is 12.1. The van der Waals surface area contributed by atoms with E-state index in [9.17, 15) is 18.0 Å². The maximum Gasteiger partial charge on any atom is 0.389 e. The van der Waals surface area contributed by atoms with Gasteiger partial charge in [0.15, 0.2) is 0 Å². The Hall–Kier alpha value is -0.490. The van der Waals surface area contributed by atoms with E-state index in [1.807, 2.05) is 0 Å². The van der Waals surface area contributed by atoms with Gasteiger partial charge < -0.3 is 10.2 Å². The molecule has 2 saturated heterocycles. The van der Waals surface area contributed by atoms with E-state index in [1.165, 1.54) is 0 Å².